The Hall–Kier alpha value is -1.06. The molecule has 0 aromatic rings. The van der Waals surface area contributed by atoms with Crippen molar-refractivity contribution in [1.82, 2.24) is 10.6 Å². The second-order valence-corrected chi connectivity index (χ2v) is 8.68. The molecule has 4 rings (SSSR count). The number of hydrogen-bond donors (Lipinski definition) is 2. The maximum Gasteiger partial charge on any atom is 0.220 e. The van der Waals surface area contributed by atoms with Gasteiger partial charge in [0.05, 0.1) is 0 Å². The lowest BCUT2D eigenvalue weighted by Gasteiger charge is -2.62. The van der Waals surface area contributed by atoms with Crippen LogP contribution in [0.25, 0.3) is 0 Å². The van der Waals surface area contributed by atoms with Gasteiger partial charge < -0.3 is 10.6 Å². The van der Waals surface area contributed by atoms with Crippen LogP contribution in [0.4, 0.5) is 0 Å². The summed E-state index contributed by atoms with van der Waals surface area (Å²) in [5.74, 6) is 2.11. The average molecular weight is 320 g/mol. The van der Waals surface area contributed by atoms with Gasteiger partial charge in [-0.3, -0.25) is 9.59 Å². The smallest absolute Gasteiger partial charge is 0.220 e. The molecule has 4 heteroatoms. The van der Waals surface area contributed by atoms with Crippen LogP contribution >= 0.6 is 0 Å². The van der Waals surface area contributed by atoms with Gasteiger partial charge in [-0.25, -0.2) is 0 Å². The molecule has 0 aliphatic heterocycles. The minimum Gasteiger partial charge on any atom is -0.353 e. The molecule has 4 atom stereocenters. The molecule has 0 heterocycles. The molecular formula is C19H32N2O2. The van der Waals surface area contributed by atoms with Gasteiger partial charge in [-0.2, -0.15) is 0 Å². The Bertz CT molecular complexity index is 468. The number of carbonyl (C=O) groups is 2. The van der Waals surface area contributed by atoms with Crippen LogP contribution in [0.15, 0.2) is 0 Å². The zero-order valence-corrected chi connectivity index (χ0v) is 14.9. The fourth-order valence-corrected chi connectivity index (χ4v) is 5.22. The van der Waals surface area contributed by atoms with Crippen LogP contribution in [0.2, 0.25) is 0 Å². The molecule has 23 heavy (non-hydrogen) atoms. The second-order valence-electron chi connectivity index (χ2n) is 8.68. The molecule has 2 bridgehead atoms. The lowest BCUT2D eigenvalue weighted by Crippen LogP contribution is -2.60. The van der Waals surface area contributed by atoms with E-state index < -0.39 is 0 Å². The zero-order chi connectivity index (χ0) is 16.6. The van der Waals surface area contributed by atoms with E-state index in [0.717, 1.165) is 31.1 Å². The van der Waals surface area contributed by atoms with Gasteiger partial charge in [0, 0.05) is 24.9 Å². The highest BCUT2D eigenvalue weighted by molar-refractivity contribution is 5.84. The number of rotatable bonds is 5. The predicted molar refractivity (Wildman–Crippen MR) is 90.7 cm³/mol. The van der Waals surface area contributed by atoms with Crippen molar-refractivity contribution < 1.29 is 9.59 Å². The zero-order valence-electron chi connectivity index (χ0n) is 14.9. The Labute approximate surface area is 140 Å². The maximum atomic E-state index is 12.2. The molecule has 4 saturated carbocycles. The number of amides is 2. The van der Waals surface area contributed by atoms with E-state index in [1.165, 1.54) is 19.3 Å². The maximum absolute atomic E-state index is 12.2. The summed E-state index contributed by atoms with van der Waals surface area (Å²) in [5.41, 5.74) is 0.446. The molecule has 0 aromatic heterocycles. The molecule has 0 saturated heterocycles. The first-order valence-corrected chi connectivity index (χ1v) is 9.46. The normalized spacial score (nSPS) is 35.4. The van der Waals surface area contributed by atoms with Gasteiger partial charge in [0.1, 0.15) is 0 Å². The third-order valence-corrected chi connectivity index (χ3v) is 7.00. The number of hydrogen-bond acceptors (Lipinski definition) is 2. The first-order valence-electron chi connectivity index (χ1n) is 9.46. The molecule has 4 aliphatic carbocycles. The van der Waals surface area contributed by atoms with Crippen molar-refractivity contribution in [3.63, 3.8) is 0 Å². The molecule has 130 valence electrons. The summed E-state index contributed by atoms with van der Waals surface area (Å²) in [6.45, 7) is 7.01. The summed E-state index contributed by atoms with van der Waals surface area (Å²) in [7, 11) is 0. The van der Waals surface area contributed by atoms with Crippen molar-refractivity contribution in [2.45, 2.75) is 84.2 Å². The Morgan fingerprint density at radius 1 is 1.00 bits per heavy atom. The van der Waals surface area contributed by atoms with E-state index in [9.17, 15) is 9.59 Å². The topological polar surface area (TPSA) is 58.2 Å². The first kappa shape index (κ1) is 16.8. The van der Waals surface area contributed by atoms with Crippen LogP contribution in [0, 0.1) is 23.2 Å². The van der Waals surface area contributed by atoms with E-state index in [1.807, 2.05) is 0 Å². The first-order chi connectivity index (χ1) is 10.9. The summed E-state index contributed by atoms with van der Waals surface area (Å²) in [6, 6.07) is 0.649. The minimum atomic E-state index is 0.0349. The molecule has 0 spiro atoms. The van der Waals surface area contributed by atoms with Crippen LogP contribution in [0.5, 0.6) is 0 Å². The van der Waals surface area contributed by atoms with Crippen LogP contribution in [0.3, 0.4) is 0 Å². The molecular weight excluding hydrogens is 288 g/mol. The second kappa shape index (κ2) is 6.45. The third-order valence-electron chi connectivity index (χ3n) is 7.00. The Morgan fingerprint density at radius 3 is 2.17 bits per heavy atom. The standard InChI is InChI=1S/C19H32N2O2/c1-12-15-10-13(19(15,2)3)11-16(12)21-18(23)9-8-17(22)20-14-6-4-5-7-14/h12-16H,4-11H2,1-3H3,(H,20,22)(H,21,23)/t12-,13+,15-,16-/m1/s1. The molecule has 4 nitrogen and oxygen atoms in total. The molecule has 4 fully saturated rings. The highest BCUT2D eigenvalue weighted by Crippen LogP contribution is 2.61. The van der Waals surface area contributed by atoms with Gasteiger partial charge in [-0.05, 0) is 48.9 Å². The van der Waals surface area contributed by atoms with Gasteiger partial charge in [0.25, 0.3) is 0 Å². The minimum absolute atomic E-state index is 0.0349. The quantitative estimate of drug-likeness (QED) is 0.818. The number of nitrogens with one attached hydrogen (secondary N) is 2. The van der Waals surface area contributed by atoms with Gasteiger partial charge in [-0.15, -0.1) is 0 Å². The van der Waals surface area contributed by atoms with Gasteiger partial charge in [0.2, 0.25) is 11.8 Å². The van der Waals surface area contributed by atoms with Crippen LogP contribution in [0.1, 0.15) is 72.1 Å². The highest BCUT2D eigenvalue weighted by atomic mass is 16.2. The largest absolute Gasteiger partial charge is 0.353 e. The lowest BCUT2D eigenvalue weighted by atomic mass is 9.45. The average Bonchev–Trinajstić information content (AvgIpc) is 2.99. The van der Waals surface area contributed by atoms with Crippen molar-refractivity contribution >= 4 is 11.8 Å². The molecule has 0 radical (unpaired) electrons. The van der Waals surface area contributed by atoms with E-state index in [0.29, 0.717) is 36.3 Å². The Kier molecular flexibility index (Phi) is 4.70. The van der Waals surface area contributed by atoms with Crippen LogP contribution in [-0.2, 0) is 9.59 Å². The van der Waals surface area contributed by atoms with Crippen molar-refractivity contribution in [2.75, 3.05) is 0 Å². The number of carbonyl (C=O) groups excluding carboxylic acids is 2. The third kappa shape index (κ3) is 3.41. The van der Waals surface area contributed by atoms with Crippen LogP contribution in [-0.4, -0.2) is 23.9 Å². The summed E-state index contributed by atoms with van der Waals surface area (Å²) >= 11 is 0. The van der Waals surface area contributed by atoms with Crippen LogP contribution < -0.4 is 10.6 Å². The van der Waals surface area contributed by atoms with E-state index in [1.54, 1.807) is 0 Å². The summed E-state index contributed by atoms with van der Waals surface area (Å²) in [6.07, 6.45) is 7.68. The SMILES string of the molecule is C[C@@H]1[C@H]2C[C@@H](C[C@H]1NC(=O)CCC(=O)NC1CCCC1)C2(C)C. The highest BCUT2D eigenvalue weighted by Gasteiger charge is 2.56. The molecule has 2 amide bonds. The van der Waals surface area contributed by atoms with E-state index in [2.05, 4.69) is 31.4 Å². The van der Waals surface area contributed by atoms with Gasteiger partial charge in [0.15, 0.2) is 0 Å². The fraction of sp³-hybridized carbons (Fsp3) is 0.895. The molecule has 4 aliphatic rings. The summed E-state index contributed by atoms with van der Waals surface area (Å²) in [5, 5.41) is 6.25. The Balaban J connectivity index is 1.39. The molecule has 0 unspecified atom stereocenters. The summed E-state index contributed by atoms with van der Waals surface area (Å²) < 4.78 is 0. The van der Waals surface area contributed by atoms with E-state index in [-0.39, 0.29) is 11.8 Å². The summed E-state index contributed by atoms with van der Waals surface area (Å²) in [4.78, 5) is 24.1. The van der Waals surface area contributed by atoms with Crippen molar-refractivity contribution in [3.05, 3.63) is 0 Å². The molecule has 0 aromatic carbocycles. The monoisotopic (exact) mass is 320 g/mol. The fourth-order valence-electron chi connectivity index (χ4n) is 5.22. The van der Waals surface area contributed by atoms with Crippen molar-refractivity contribution in [2.24, 2.45) is 23.2 Å². The van der Waals surface area contributed by atoms with E-state index >= 15 is 0 Å². The van der Waals surface area contributed by atoms with Crippen molar-refractivity contribution in [1.29, 1.82) is 0 Å². The number of fused-ring (bicyclic) bond motifs is 2. The van der Waals surface area contributed by atoms with Gasteiger partial charge >= 0.3 is 0 Å². The van der Waals surface area contributed by atoms with Crippen molar-refractivity contribution in [3.8, 4) is 0 Å². The predicted octanol–water partition coefficient (Wildman–Crippen LogP) is 3.01. The lowest BCUT2D eigenvalue weighted by molar-refractivity contribution is -0.135. The molecule has 2 N–H and O–H groups in total. The van der Waals surface area contributed by atoms with E-state index in [4.69, 9.17) is 0 Å². The Morgan fingerprint density at radius 2 is 1.61 bits per heavy atom. The van der Waals surface area contributed by atoms with Gasteiger partial charge in [-0.1, -0.05) is 33.6 Å².